The van der Waals surface area contributed by atoms with E-state index in [4.69, 9.17) is 4.74 Å². The summed E-state index contributed by atoms with van der Waals surface area (Å²) in [5.74, 6) is -0.515. The Balaban J connectivity index is 1.43. The van der Waals surface area contributed by atoms with Gasteiger partial charge in [0, 0.05) is 45.5 Å². The number of aryl methyl sites for hydroxylation is 1. The number of nitrogens with zero attached hydrogens (tertiary/aromatic N) is 2. The predicted molar refractivity (Wildman–Crippen MR) is 129 cm³/mol. The third kappa shape index (κ3) is 5.02. The van der Waals surface area contributed by atoms with Crippen LogP contribution in [0.1, 0.15) is 24.0 Å². The zero-order valence-corrected chi connectivity index (χ0v) is 20.4. The number of ether oxygens (including phenoxy) is 1. The fourth-order valence-electron chi connectivity index (χ4n) is 4.25. The fraction of sp³-hybridized carbons (Fsp3) is 0.417. The minimum Gasteiger partial charge on any atom is -0.482 e. The summed E-state index contributed by atoms with van der Waals surface area (Å²) in [7, 11) is 0.107. The van der Waals surface area contributed by atoms with Gasteiger partial charge >= 0.3 is 0 Å². The second kappa shape index (κ2) is 9.63. The Kier molecular flexibility index (Phi) is 6.81. The molecule has 0 radical (unpaired) electrons. The van der Waals surface area contributed by atoms with Crippen molar-refractivity contribution in [2.75, 3.05) is 44.0 Å². The molecule has 0 aliphatic carbocycles. The van der Waals surface area contributed by atoms with Crippen LogP contribution < -0.4 is 20.3 Å². The molecule has 2 aromatic carbocycles. The minimum atomic E-state index is -3.83. The van der Waals surface area contributed by atoms with Crippen molar-refractivity contribution >= 4 is 33.2 Å². The highest BCUT2D eigenvalue weighted by molar-refractivity contribution is 7.89. The number of carbonyl (C=O) groups excluding carboxylic acids is 2. The number of amides is 2. The van der Waals surface area contributed by atoms with Crippen molar-refractivity contribution in [1.82, 2.24) is 9.62 Å². The molecule has 2 aliphatic heterocycles. The SMILES string of the molecule is Cc1cc2c(cc1S(=O)(=O)N1CCC[C@H](C(=O)NCc3ccc(N(C)C)cc3)C1)OCC(=O)N2. The first-order valence-electron chi connectivity index (χ1n) is 11.3. The van der Waals surface area contributed by atoms with E-state index in [0.29, 0.717) is 42.9 Å². The highest BCUT2D eigenvalue weighted by Gasteiger charge is 2.35. The van der Waals surface area contributed by atoms with Gasteiger partial charge in [0.2, 0.25) is 15.9 Å². The summed E-state index contributed by atoms with van der Waals surface area (Å²) in [6.07, 6.45) is 1.24. The van der Waals surface area contributed by atoms with Crippen LogP contribution in [0.3, 0.4) is 0 Å². The number of hydrogen-bond acceptors (Lipinski definition) is 6. The van der Waals surface area contributed by atoms with Crippen molar-refractivity contribution in [2.24, 2.45) is 5.92 Å². The van der Waals surface area contributed by atoms with Crippen LogP contribution in [-0.4, -0.2) is 58.3 Å². The molecule has 1 fully saturated rings. The second-order valence-corrected chi connectivity index (χ2v) is 10.8. The topological polar surface area (TPSA) is 108 Å². The Morgan fingerprint density at radius 1 is 1.24 bits per heavy atom. The Hall–Kier alpha value is -3.11. The highest BCUT2D eigenvalue weighted by Crippen LogP contribution is 2.35. The minimum absolute atomic E-state index is 0.127. The van der Waals surface area contributed by atoms with Crippen LogP contribution in [0.15, 0.2) is 41.3 Å². The molecule has 1 saturated heterocycles. The van der Waals surface area contributed by atoms with Crippen molar-refractivity contribution < 1.29 is 22.7 Å². The number of nitrogens with one attached hydrogen (secondary N) is 2. The van der Waals surface area contributed by atoms with Crippen LogP contribution >= 0.6 is 0 Å². The second-order valence-electron chi connectivity index (χ2n) is 8.93. The number of fused-ring (bicyclic) bond motifs is 1. The summed E-state index contributed by atoms with van der Waals surface area (Å²) in [5.41, 5.74) is 3.03. The molecule has 0 bridgehead atoms. The lowest BCUT2D eigenvalue weighted by molar-refractivity contribution is -0.126. The molecule has 0 unspecified atom stereocenters. The molecule has 9 nitrogen and oxygen atoms in total. The molecule has 2 heterocycles. The van der Waals surface area contributed by atoms with Gasteiger partial charge in [0.05, 0.1) is 16.5 Å². The van der Waals surface area contributed by atoms with E-state index in [9.17, 15) is 18.0 Å². The van der Waals surface area contributed by atoms with E-state index in [0.717, 1.165) is 11.3 Å². The summed E-state index contributed by atoms with van der Waals surface area (Å²) in [5, 5.41) is 5.64. The van der Waals surface area contributed by atoms with Gasteiger partial charge < -0.3 is 20.3 Å². The standard InChI is InChI=1S/C24H30N4O5S/c1-16-11-20-21(33-15-23(29)26-20)12-22(16)34(31,32)28-10-4-5-18(14-28)24(30)25-13-17-6-8-19(9-7-17)27(2)3/h6-9,11-12,18H,4-5,10,13-15H2,1-3H3,(H,25,30)(H,26,29)/t18-/m0/s1. The first kappa shape index (κ1) is 24.0. The van der Waals surface area contributed by atoms with E-state index < -0.39 is 15.9 Å². The molecular weight excluding hydrogens is 456 g/mol. The number of benzene rings is 2. The third-order valence-corrected chi connectivity index (χ3v) is 8.21. The smallest absolute Gasteiger partial charge is 0.262 e. The summed E-state index contributed by atoms with van der Waals surface area (Å²) < 4.78 is 33.7. The molecule has 0 aromatic heterocycles. The number of hydrogen-bond donors (Lipinski definition) is 2. The van der Waals surface area contributed by atoms with E-state index in [-0.39, 0.29) is 29.9 Å². The average Bonchev–Trinajstić information content (AvgIpc) is 2.82. The molecular formula is C24H30N4O5S. The summed E-state index contributed by atoms with van der Waals surface area (Å²) >= 11 is 0. The molecule has 2 aliphatic rings. The van der Waals surface area contributed by atoms with Gasteiger partial charge in [-0.3, -0.25) is 9.59 Å². The van der Waals surface area contributed by atoms with E-state index in [1.54, 1.807) is 13.0 Å². The number of piperidine rings is 1. The molecule has 1 atom stereocenters. The van der Waals surface area contributed by atoms with Crippen LogP contribution in [-0.2, 0) is 26.2 Å². The number of sulfonamides is 1. The average molecular weight is 487 g/mol. The predicted octanol–water partition coefficient (Wildman–Crippen LogP) is 2.11. The third-order valence-electron chi connectivity index (χ3n) is 6.20. The number of rotatable bonds is 6. The van der Waals surface area contributed by atoms with Crippen molar-refractivity contribution in [1.29, 1.82) is 0 Å². The summed E-state index contributed by atoms with van der Waals surface area (Å²) in [4.78, 5) is 26.5. The maximum atomic E-state index is 13.4. The molecule has 0 spiro atoms. The van der Waals surface area contributed by atoms with E-state index in [1.807, 2.05) is 43.3 Å². The van der Waals surface area contributed by atoms with Gasteiger partial charge in [-0.1, -0.05) is 12.1 Å². The lowest BCUT2D eigenvalue weighted by Gasteiger charge is -2.32. The van der Waals surface area contributed by atoms with Crippen LogP contribution in [0.25, 0.3) is 0 Å². The summed E-state index contributed by atoms with van der Waals surface area (Å²) in [6, 6.07) is 11.0. The molecule has 2 amide bonds. The Morgan fingerprint density at radius 3 is 2.68 bits per heavy atom. The van der Waals surface area contributed by atoms with Gasteiger partial charge in [-0.05, 0) is 49.1 Å². The molecule has 4 rings (SSSR count). The van der Waals surface area contributed by atoms with Crippen molar-refractivity contribution in [3.8, 4) is 5.75 Å². The first-order valence-corrected chi connectivity index (χ1v) is 12.7. The monoisotopic (exact) mass is 486 g/mol. The Morgan fingerprint density at radius 2 is 1.97 bits per heavy atom. The van der Waals surface area contributed by atoms with Crippen molar-refractivity contribution in [3.63, 3.8) is 0 Å². The van der Waals surface area contributed by atoms with E-state index >= 15 is 0 Å². The van der Waals surface area contributed by atoms with Crippen molar-refractivity contribution in [3.05, 3.63) is 47.5 Å². The van der Waals surface area contributed by atoms with Crippen molar-refractivity contribution in [2.45, 2.75) is 31.2 Å². The van der Waals surface area contributed by atoms with Gasteiger partial charge in [0.1, 0.15) is 5.75 Å². The lowest BCUT2D eigenvalue weighted by atomic mass is 9.98. The molecule has 182 valence electrons. The molecule has 34 heavy (non-hydrogen) atoms. The zero-order chi connectivity index (χ0) is 24.5. The summed E-state index contributed by atoms with van der Waals surface area (Å²) in [6.45, 7) is 2.40. The maximum Gasteiger partial charge on any atom is 0.262 e. The molecule has 10 heteroatoms. The van der Waals surface area contributed by atoms with E-state index in [2.05, 4.69) is 10.6 Å². The van der Waals surface area contributed by atoms with Crippen LogP contribution in [0.4, 0.5) is 11.4 Å². The zero-order valence-electron chi connectivity index (χ0n) is 19.6. The largest absolute Gasteiger partial charge is 0.482 e. The van der Waals surface area contributed by atoms with Gasteiger partial charge in [-0.25, -0.2) is 8.42 Å². The van der Waals surface area contributed by atoms with Gasteiger partial charge in [0.15, 0.2) is 6.61 Å². The van der Waals surface area contributed by atoms with E-state index in [1.165, 1.54) is 10.4 Å². The quantitative estimate of drug-likeness (QED) is 0.648. The fourth-order valence-corrected chi connectivity index (χ4v) is 6.00. The Bertz CT molecular complexity index is 1190. The van der Waals surface area contributed by atoms with Crippen LogP contribution in [0.5, 0.6) is 5.75 Å². The van der Waals surface area contributed by atoms with Gasteiger partial charge in [-0.15, -0.1) is 0 Å². The normalized spacial score (nSPS) is 18.4. The Labute approximate surface area is 200 Å². The number of anilines is 2. The number of carbonyl (C=O) groups is 2. The molecule has 2 N–H and O–H groups in total. The lowest BCUT2D eigenvalue weighted by Crippen LogP contribution is -2.45. The van der Waals surface area contributed by atoms with Gasteiger partial charge in [0.25, 0.3) is 5.91 Å². The maximum absolute atomic E-state index is 13.4. The molecule has 0 saturated carbocycles. The first-order chi connectivity index (χ1) is 16.1. The highest BCUT2D eigenvalue weighted by atomic mass is 32.2. The van der Waals surface area contributed by atoms with Crippen LogP contribution in [0.2, 0.25) is 0 Å². The van der Waals surface area contributed by atoms with Crippen LogP contribution in [0, 0.1) is 12.8 Å². The molecule has 2 aromatic rings. The van der Waals surface area contributed by atoms with Gasteiger partial charge in [-0.2, -0.15) is 4.31 Å².